The van der Waals surface area contributed by atoms with Crippen molar-refractivity contribution in [1.82, 2.24) is 51.9 Å². The van der Waals surface area contributed by atoms with Crippen LogP contribution in [0.3, 0.4) is 0 Å². The number of hydrogen-bond acceptors (Lipinski definition) is 12. The van der Waals surface area contributed by atoms with Crippen LogP contribution in [0.5, 0.6) is 0 Å². The SMILES string of the molecule is CNC(C)C(=O)N[C@H](C(=O)N1Cc2cc(NC(=O)c3ccc(C(=O)NC4CC(C(=O)N[C@@H]5CCCc6ccccc65)N(C(=O)C(NC(=O)[C@H](C)NC)C(C)(C)C)C4)cc3)ccc2CC1C(=O)N[C@@H]1CCCc2ccccc21)C(C)(C)SCC(=O)N1CCCCC1. The van der Waals surface area contributed by atoms with E-state index in [2.05, 4.69) is 54.7 Å². The highest BCUT2D eigenvalue weighted by Crippen LogP contribution is 2.37. The van der Waals surface area contributed by atoms with Crippen LogP contribution in [0.15, 0.2) is 91.0 Å². The molecule has 2 fully saturated rings. The number of likely N-dealkylation sites (tertiary alicyclic amines) is 2. The summed E-state index contributed by atoms with van der Waals surface area (Å²) in [4.78, 5) is 133. The van der Waals surface area contributed by atoms with Crippen LogP contribution in [0.25, 0.3) is 0 Å². The Balaban J connectivity index is 0.917. The van der Waals surface area contributed by atoms with E-state index in [1.54, 1.807) is 40.1 Å². The summed E-state index contributed by atoms with van der Waals surface area (Å²) in [5, 5.41) is 24.4. The molecule has 9 atom stereocenters. The highest BCUT2D eigenvalue weighted by molar-refractivity contribution is 8.01. The standard InChI is InChI=1S/C69H91N11O9S/c1-41(70-8)60(82)76-58(68(3,4)5)66(88)80-39-50(37-56(80)65(87)75-54-26-18-22-44-20-12-14-24-52(44)54)73-63(85)46-29-27-45(28-30-46)62(84)72-49-32-31-47-36-55(64(86)74-53-25-17-21-43-19-11-13-23-51(43)53)79(38-48(47)35-49)67(89)59(77-61(83)42(2)71-9)69(6,7)90-40-57(81)78-33-15-10-16-34-78/h11-14,19-20,23-24,27-32,35,41-42,50,53-56,58-59,70-71H,10,15-18,21-22,25-26,33-34,36-40H2,1-9H3,(H,72,84)(H,73,85)(H,74,86)(H,75,87)(H,76,82)(H,77,83)/t41-,42?,50?,53+,54+,55?,56?,58?,59+/m0/s1. The van der Waals surface area contributed by atoms with E-state index in [1.807, 2.05) is 82.0 Å². The van der Waals surface area contributed by atoms with Crippen molar-refractivity contribution in [2.24, 2.45) is 5.41 Å². The van der Waals surface area contributed by atoms with Crippen molar-refractivity contribution >= 4 is 70.6 Å². The van der Waals surface area contributed by atoms with Crippen LogP contribution in [-0.2, 0) is 59.4 Å². The molecule has 90 heavy (non-hydrogen) atoms. The maximum atomic E-state index is 15.5. The number of thioether (sulfide) groups is 1. The zero-order chi connectivity index (χ0) is 64.6. The first-order valence-corrected chi connectivity index (χ1v) is 33.0. The van der Waals surface area contributed by atoms with Gasteiger partial charge in [-0.3, -0.25) is 43.2 Å². The van der Waals surface area contributed by atoms with Gasteiger partial charge in [-0.25, -0.2) is 0 Å². The van der Waals surface area contributed by atoms with Crippen molar-refractivity contribution in [3.63, 3.8) is 0 Å². The third kappa shape index (κ3) is 15.7. The molecule has 9 amide bonds. The van der Waals surface area contributed by atoms with Gasteiger partial charge in [0.15, 0.2) is 0 Å². The van der Waals surface area contributed by atoms with Crippen LogP contribution in [0.1, 0.15) is 166 Å². The van der Waals surface area contributed by atoms with Crippen molar-refractivity contribution < 1.29 is 43.2 Å². The fraction of sp³-hybridized carbons (Fsp3) is 0.522. The molecule has 3 heterocycles. The second-order valence-corrected chi connectivity index (χ2v) is 28.2. The Bertz CT molecular complexity index is 3330. The summed E-state index contributed by atoms with van der Waals surface area (Å²) in [6.45, 7) is 14.0. The number of rotatable bonds is 20. The Morgan fingerprint density at radius 2 is 1.11 bits per heavy atom. The van der Waals surface area contributed by atoms with Gasteiger partial charge in [0.05, 0.1) is 29.9 Å². The number of carbonyl (C=O) groups is 9. The van der Waals surface area contributed by atoms with Crippen molar-refractivity contribution in [3.8, 4) is 0 Å². The Hall–Kier alpha value is -7.62. The van der Waals surface area contributed by atoms with E-state index in [1.165, 1.54) is 51.4 Å². The van der Waals surface area contributed by atoms with E-state index < -0.39 is 82.0 Å². The first-order chi connectivity index (χ1) is 42.9. The molecular formula is C69H91N11O9S. The Kier molecular flexibility index (Phi) is 21.6. The van der Waals surface area contributed by atoms with Crippen LogP contribution < -0.4 is 42.5 Å². The first-order valence-electron chi connectivity index (χ1n) is 32.0. The van der Waals surface area contributed by atoms with Gasteiger partial charge in [0.25, 0.3) is 11.8 Å². The number of nitrogens with one attached hydrogen (secondary N) is 8. The van der Waals surface area contributed by atoms with Gasteiger partial charge in [-0.05, 0) is 181 Å². The Morgan fingerprint density at radius 3 is 1.68 bits per heavy atom. The van der Waals surface area contributed by atoms with Gasteiger partial charge < -0.3 is 57.2 Å². The van der Waals surface area contributed by atoms with Gasteiger partial charge in [-0.2, -0.15) is 0 Å². The molecule has 2 aliphatic carbocycles. The summed E-state index contributed by atoms with van der Waals surface area (Å²) < 4.78 is -1.02. The summed E-state index contributed by atoms with van der Waals surface area (Å²) in [5.41, 5.74) is 6.08. The number of aryl methyl sites for hydroxylation is 2. The minimum atomic E-state index is -1.16. The van der Waals surface area contributed by atoms with Crippen molar-refractivity contribution in [2.75, 3.05) is 44.8 Å². The topological polar surface area (TPSA) is 260 Å². The first kappa shape index (κ1) is 66.8. The van der Waals surface area contributed by atoms with E-state index in [4.69, 9.17) is 0 Å². The molecule has 0 radical (unpaired) electrons. The average molecular weight is 1250 g/mol. The number of fused-ring (bicyclic) bond motifs is 3. The number of piperidine rings is 1. The smallest absolute Gasteiger partial charge is 0.255 e. The zero-order valence-electron chi connectivity index (χ0n) is 53.6. The molecule has 4 aromatic rings. The summed E-state index contributed by atoms with van der Waals surface area (Å²) >= 11 is 1.30. The molecule has 9 rings (SSSR count). The van der Waals surface area contributed by atoms with E-state index >= 15 is 4.79 Å². The molecular weight excluding hydrogens is 1160 g/mol. The van der Waals surface area contributed by atoms with Crippen LogP contribution in [0, 0.1) is 5.41 Å². The van der Waals surface area contributed by atoms with Gasteiger partial charge in [-0.15, -0.1) is 11.8 Å². The molecule has 20 nitrogen and oxygen atoms in total. The molecule has 3 aliphatic heterocycles. The molecule has 0 saturated carbocycles. The molecule has 5 unspecified atom stereocenters. The minimum Gasteiger partial charge on any atom is -0.347 e. The largest absolute Gasteiger partial charge is 0.347 e. The molecule has 4 aromatic carbocycles. The van der Waals surface area contributed by atoms with Crippen molar-refractivity contribution in [3.05, 3.63) is 136 Å². The van der Waals surface area contributed by atoms with Gasteiger partial charge in [-0.1, -0.05) is 75.4 Å². The molecule has 8 N–H and O–H groups in total. The zero-order valence-corrected chi connectivity index (χ0v) is 54.4. The lowest BCUT2D eigenvalue weighted by atomic mass is 9.85. The van der Waals surface area contributed by atoms with Gasteiger partial charge >= 0.3 is 0 Å². The third-order valence-corrected chi connectivity index (χ3v) is 20.1. The minimum absolute atomic E-state index is 0.00967. The monoisotopic (exact) mass is 1250 g/mol. The normalized spacial score (nSPS) is 21.2. The van der Waals surface area contributed by atoms with Crippen molar-refractivity contribution in [1.29, 1.82) is 0 Å². The molecule has 21 heteroatoms. The molecule has 482 valence electrons. The second-order valence-electron chi connectivity index (χ2n) is 26.5. The second kappa shape index (κ2) is 29.1. The number of nitrogens with zero attached hydrogens (tertiary/aromatic N) is 3. The molecule has 5 aliphatic rings. The van der Waals surface area contributed by atoms with Crippen LogP contribution >= 0.6 is 11.8 Å². The molecule has 0 bridgehead atoms. The van der Waals surface area contributed by atoms with E-state index in [0.29, 0.717) is 24.3 Å². The third-order valence-electron chi connectivity index (χ3n) is 18.7. The lowest BCUT2D eigenvalue weighted by Gasteiger charge is -2.42. The van der Waals surface area contributed by atoms with Crippen LogP contribution in [-0.4, -0.2) is 154 Å². The number of benzene rings is 4. The van der Waals surface area contributed by atoms with Gasteiger partial charge in [0.2, 0.25) is 41.4 Å². The van der Waals surface area contributed by atoms with Crippen molar-refractivity contribution in [2.45, 2.75) is 185 Å². The maximum Gasteiger partial charge on any atom is 0.255 e. The van der Waals surface area contributed by atoms with E-state index in [0.717, 1.165) is 80.0 Å². The lowest BCUT2D eigenvalue weighted by molar-refractivity contribution is -0.145. The lowest BCUT2D eigenvalue weighted by Crippen LogP contribution is -2.63. The summed E-state index contributed by atoms with van der Waals surface area (Å²) in [7, 11) is 3.31. The summed E-state index contributed by atoms with van der Waals surface area (Å²) in [6, 6.07) is 21.1. The fourth-order valence-corrected chi connectivity index (χ4v) is 14.0. The molecule has 0 aromatic heterocycles. The number of carbonyl (C=O) groups excluding carboxylic acids is 9. The van der Waals surface area contributed by atoms with Gasteiger partial charge in [0, 0.05) is 60.2 Å². The van der Waals surface area contributed by atoms with E-state index in [9.17, 15) is 38.4 Å². The number of hydrogen-bond donors (Lipinski definition) is 8. The highest BCUT2D eigenvalue weighted by Gasteiger charge is 2.48. The predicted octanol–water partition coefficient (Wildman–Crippen LogP) is 6.03. The predicted molar refractivity (Wildman–Crippen MR) is 348 cm³/mol. The van der Waals surface area contributed by atoms with Gasteiger partial charge in [0.1, 0.15) is 24.2 Å². The van der Waals surface area contributed by atoms with Crippen LogP contribution in [0.4, 0.5) is 5.69 Å². The quantitative estimate of drug-likeness (QED) is 0.0505. The summed E-state index contributed by atoms with van der Waals surface area (Å²) in [6.07, 6.45) is 8.24. The number of amides is 9. The Labute approximate surface area is 533 Å². The highest BCUT2D eigenvalue weighted by atomic mass is 32.2. The molecule has 0 spiro atoms. The number of likely N-dealkylation sites (N-methyl/N-ethyl adjacent to an activating group) is 2. The average Bonchev–Trinajstić information content (AvgIpc) is 1.14. The fourth-order valence-electron chi connectivity index (χ4n) is 13.0. The Morgan fingerprint density at radius 1 is 0.578 bits per heavy atom. The maximum absolute atomic E-state index is 15.5. The molecule has 2 saturated heterocycles. The van der Waals surface area contributed by atoms with E-state index in [-0.39, 0.29) is 78.5 Å². The summed E-state index contributed by atoms with van der Waals surface area (Å²) in [5.74, 6) is -3.25. The number of anilines is 1. The van der Waals surface area contributed by atoms with Crippen LogP contribution in [0.2, 0.25) is 0 Å².